The summed E-state index contributed by atoms with van der Waals surface area (Å²) in [5.41, 5.74) is 5.93. The van der Waals surface area contributed by atoms with Crippen LogP contribution in [0.2, 0.25) is 5.02 Å². The average Bonchev–Trinajstić information content (AvgIpc) is 2.44. The van der Waals surface area contributed by atoms with E-state index in [4.69, 9.17) is 17.3 Å². The summed E-state index contributed by atoms with van der Waals surface area (Å²) in [5.74, 6) is -0.839. The smallest absolute Gasteiger partial charge is 0.262 e. The van der Waals surface area contributed by atoms with Crippen molar-refractivity contribution < 1.29 is 12.8 Å². The van der Waals surface area contributed by atoms with Crippen molar-refractivity contribution in [2.45, 2.75) is 11.4 Å². The molecule has 9 heteroatoms. The van der Waals surface area contributed by atoms with E-state index in [1.807, 2.05) is 0 Å². The molecule has 1 aromatic carbocycles. The van der Waals surface area contributed by atoms with E-state index in [1.165, 1.54) is 24.5 Å². The number of rotatable bonds is 4. The van der Waals surface area contributed by atoms with Crippen LogP contribution in [0.15, 0.2) is 40.0 Å². The van der Waals surface area contributed by atoms with E-state index in [0.717, 1.165) is 6.07 Å². The van der Waals surface area contributed by atoms with Gasteiger partial charge in [0.1, 0.15) is 5.82 Å². The van der Waals surface area contributed by atoms with Crippen molar-refractivity contribution in [1.82, 2.24) is 4.98 Å². The zero-order chi connectivity index (χ0) is 15.6. The van der Waals surface area contributed by atoms with Gasteiger partial charge in [-0.1, -0.05) is 11.6 Å². The predicted octanol–water partition coefficient (Wildman–Crippen LogP) is 2.90. The quantitative estimate of drug-likeness (QED) is 0.835. The molecular formula is C12H10BrClFN3O2S. The van der Waals surface area contributed by atoms with Gasteiger partial charge < -0.3 is 5.73 Å². The summed E-state index contributed by atoms with van der Waals surface area (Å²) in [6.07, 6.45) is 2.86. The lowest BCUT2D eigenvalue weighted by Gasteiger charge is -2.11. The number of hydrogen-bond acceptors (Lipinski definition) is 4. The first-order valence-corrected chi connectivity index (χ1v) is 8.31. The van der Waals surface area contributed by atoms with Crippen molar-refractivity contribution in [3.05, 3.63) is 51.5 Å². The fourth-order valence-electron chi connectivity index (χ4n) is 1.58. The summed E-state index contributed by atoms with van der Waals surface area (Å²) in [5, 5.41) is -0.179. The van der Waals surface area contributed by atoms with Crippen LogP contribution >= 0.6 is 27.5 Å². The van der Waals surface area contributed by atoms with Gasteiger partial charge in [0.2, 0.25) is 0 Å². The molecule has 0 amide bonds. The fourth-order valence-corrected chi connectivity index (χ4v) is 3.39. The molecule has 0 atom stereocenters. The first-order chi connectivity index (χ1) is 9.85. The first-order valence-electron chi connectivity index (χ1n) is 5.65. The number of anilines is 1. The van der Waals surface area contributed by atoms with Crippen LogP contribution in [0.4, 0.5) is 10.1 Å². The molecule has 0 unspecified atom stereocenters. The van der Waals surface area contributed by atoms with E-state index >= 15 is 0 Å². The molecule has 0 radical (unpaired) electrons. The second-order valence-electron chi connectivity index (χ2n) is 4.04. The maximum atomic E-state index is 13.7. The Morgan fingerprint density at radius 3 is 2.76 bits per heavy atom. The van der Waals surface area contributed by atoms with Crippen LogP contribution in [0.3, 0.4) is 0 Å². The van der Waals surface area contributed by atoms with Gasteiger partial charge in [0.05, 0.1) is 20.1 Å². The van der Waals surface area contributed by atoms with Crippen LogP contribution in [-0.4, -0.2) is 13.4 Å². The van der Waals surface area contributed by atoms with Gasteiger partial charge >= 0.3 is 0 Å². The largest absolute Gasteiger partial charge is 0.326 e. The third-order valence-electron chi connectivity index (χ3n) is 2.62. The van der Waals surface area contributed by atoms with Crippen molar-refractivity contribution in [1.29, 1.82) is 0 Å². The number of aromatic nitrogens is 1. The number of pyridine rings is 1. The third kappa shape index (κ3) is 3.52. The first kappa shape index (κ1) is 16.2. The Morgan fingerprint density at radius 1 is 1.43 bits per heavy atom. The second-order valence-corrected chi connectivity index (χ2v) is 6.96. The molecule has 0 spiro atoms. The highest BCUT2D eigenvalue weighted by atomic mass is 79.9. The predicted molar refractivity (Wildman–Crippen MR) is 82.0 cm³/mol. The minimum Gasteiger partial charge on any atom is -0.326 e. The molecule has 0 bridgehead atoms. The van der Waals surface area contributed by atoms with Crippen LogP contribution in [0, 0.1) is 5.82 Å². The molecule has 112 valence electrons. The fraction of sp³-hybridized carbons (Fsp3) is 0.0833. The molecule has 0 aliphatic heterocycles. The summed E-state index contributed by atoms with van der Waals surface area (Å²) in [7, 11) is -3.97. The SMILES string of the molecule is NCc1cc(S(=O)(=O)Nc2ccncc2Br)cc(F)c1Cl. The van der Waals surface area contributed by atoms with E-state index in [1.54, 1.807) is 0 Å². The van der Waals surface area contributed by atoms with E-state index in [-0.39, 0.29) is 27.7 Å². The normalized spacial score (nSPS) is 11.4. The summed E-state index contributed by atoms with van der Waals surface area (Å²) < 4.78 is 41.0. The lowest BCUT2D eigenvalue weighted by molar-refractivity contribution is 0.594. The zero-order valence-corrected chi connectivity index (χ0v) is 13.6. The molecule has 2 rings (SSSR count). The minimum absolute atomic E-state index is 0.0714. The van der Waals surface area contributed by atoms with E-state index < -0.39 is 15.8 Å². The van der Waals surface area contributed by atoms with Gasteiger partial charge in [-0.2, -0.15) is 0 Å². The molecule has 1 heterocycles. The molecule has 0 fully saturated rings. The van der Waals surface area contributed by atoms with Crippen LogP contribution in [-0.2, 0) is 16.6 Å². The number of hydrogen-bond donors (Lipinski definition) is 2. The number of benzene rings is 1. The average molecular weight is 395 g/mol. The summed E-state index contributed by atoms with van der Waals surface area (Å²) >= 11 is 8.89. The van der Waals surface area contributed by atoms with Gasteiger partial charge in [0.15, 0.2) is 0 Å². The summed E-state index contributed by atoms with van der Waals surface area (Å²) in [4.78, 5) is 3.57. The number of halogens is 3. The van der Waals surface area contributed by atoms with Crippen LogP contribution in [0.5, 0.6) is 0 Å². The van der Waals surface area contributed by atoms with Crippen molar-refractivity contribution in [2.75, 3.05) is 4.72 Å². The van der Waals surface area contributed by atoms with Gasteiger partial charge in [0, 0.05) is 18.9 Å². The highest BCUT2D eigenvalue weighted by molar-refractivity contribution is 9.10. The van der Waals surface area contributed by atoms with Crippen LogP contribution in [0.25, 0.3) is 0 Å². The van der Waals surface area contributed by atoms with Gasteiger partial charge in [-0.3, -0.25) is 9.71 Å². The molecule has 1 aromatic heterocycles. The summed E-state index contributed by atoms with van der Waals surface area (Å²) in [6.45, 7) is -0.0714. The van der Waals surface area contributed by atoms with Gasteiger partial charge in [0.25, 0.3) is 10.0 Å². The Kier molecular flexibility index (Phi) is 4.82. The van der Waals surface area contributed by atoms with Gasteiger partial charge in [-0.05, 0) is 39.7 Å². The molecular weight excluding hydrogens is 385 g/mol. The van der Waals surface area contributed by atoms with E-state index in [0.29, 0.717) is 4.47 Å². The molecule has 2 aromatic rings. The van der Waals surface area contributed by atoms with Crippen molar-refractivity contribution in [2.24, 2.45) is 5.73 Å². The van der Waals surface area contributed by atoms with E-state index in [2.05, 4.69) is 25.6 Å². The van der Waals surface area contributed by atoms with Crippen molar-refractivity contribution >= 4 is 43.2 Å². The maximum Gasteiger partial charge on any atom is 0.262 e. The minimum atomic E-state index is -3.97. The Hall–Kier alpha value is -1.22. The number of nitrogens with zero attached hydrogens (tertiary/aromatic N) is 1. The molecule has 3 N–H and O–H groups in total. The van der Waals surface area contributed by atoms with E-state index in [9.17, 15) is 12.8 Å². The van der Waals surface area contributed by atoms with Crippen LogP contribution in [0.1, 0.15) is 5.56 Å². The Bertz CT molecular complexity index is 786. The third-order valence-corrected chi connectivity index (χ3v) is 5.02. The molecule has 0 aliphatic carbocycles. The standard InChI is InChI=1S/C12H10BrClFN3O2S/c13-9-6-17-2-1-11(9)18-21(19,20)8-3-7(5-16)12(14)10(15)4-8/h1-4,6H,5,16H2,(H,17,18). The van der Waals surface area contributed by atoms with Crippen molar-refractivity contribution in [3.8, 4) is 0 Å². The number of sulfonamides is 1. The lowest BCUT2D eigenvalue weighted by atomic mass is 10.2. The Morgan fingerprint density at radius 2 is 2.14 bits per heavy atom. The van der Waals surface area contributed by atoms with Gasteiger partial charge in [-0.25, -0.2) is 12.8 Å². The molecule has 0 aliphatic rings. The van der Waals surface area contributed by atoms with Crippen LogP contribution < -0.4 is 10.5 Å². The Labute approximate surface area is 134 Å². The topological polar surface area (TPSA) is 85.1 Å². The summed E-state index contributed by atoms with van der Waals surface area (Å²) in [6, 6.07) is 3.56. The maximum absolute atomic E-state index is 13.7. The molecule has 5 nitrogen and oxygen atoms in total. The monoisotopic (exact) mass is 393 g/mol. The molecule has 0 saturated carbocycles. The highest BCUT2D eigenvalue weighted by Crippen LogP contribution is 2.27. The Balaban J connectivity index is 2.45. The van der Waals surface area contributed by atoms with Gasteiger partial charge in [-0.15, -0.1) is 0 Å². The second kappa shape index (κ2) is 6.27. The van der Waals surface area contributed by atoms with Crippen molar-refractivity contribution in [3.63, 3.8) is 0 Å². The molecule has 21 heavy (non-hydrogen) atoms. The number of nitrogens with two attached hydrogens (primary N) is 1. The highest BCUT2D eigenvalue weighted by Gasteiger charge is 2.19. The number of nitrogens with one attached hydrogen (secondary N) is 1. The lowest BCUT2D eigenvalue weighted by Crippen LogP contribution is -2.14. The molecule has 0 saturated heterocycles. The zero-order valence-electron chi connectivity index (χ0n) is 10.5.